The monoisotopic (exact) mass is 393 g/mol. The molecule has 0 saturated heterocycles. The predicted octanol–water partition coefficient (Wildman–Crippen LogP) is 4.65. The molecule has 0 aliphatic rings. The SMILES string of the molecule is CCCCn1cnc2c(NCc3cccc(Br)c3)nc(Cl)nc21. The van der Waals surface area contributed by atoms with Crippen LogP contribution in [0.25, 0.3) is 11.2 Å². The second-order valence-corrected chi connectivity index (χ2v) is 6.54. The van der Waals surface area contributed by atoms with Crippen LogP contribution in [0.5, 0.6) is 0 Å². The summed E-state index contributed by atoms with van der Waals surface area (Å²) in [4.78, 5) is 13.1. The van der Waals surface area contributed by atoms with Gasteiger partial charge >= 0.3 is 0 Å². The highest BCUT2D eigenvalue weighted by atomic mass is 79.9. The van der Waals surface area contributed by atoms with E-state index in [-0.39, 0.29) is 5.28 Å². The van der Waals surface area contributed by atoms with Crippen molar-refractivity contribution in [2.75, 3.05) is 5.32 Å². The standard InChI is InChI=1S/C16H17BrClN5/c1-2-3-7-23-10-20-13-14(21-16(18)22-15(13)23)19-9-11-5-4-6-12(17)8-11/h4-6,8,10H,2-3,7,9H2,1H3,(H,19,21,22). The Kier molecular flexibility index (Phi) is 5.13. The highest BCUT2D eigenvalue weighted by Crippen LogP contribution is 2.22. The minimum absolute atomic E-state index is 0.229. The first kappa shape index (κ1) is 16.2. The zero-order valence-electron chi connectivity index (χ0n) is 12.8. The number of hydrogen-bond donors (Lipinski definition) is 1. The first-order valence-electron chi connectivity index (χ1n) is 7.54. The topological polar surface area (TPSA) is 55.6 Å². The molecule has 0 aliphatic carbocycles. The zero-order chi connectivity index (χ0) is 16.2. The van der Waals surface area contributed by atoms with Crippen LogP contribution < -0.4 is 5.32 Å². The van der Waals surface area contributed by atoms with Gasteiger partial charge in [0, 0.05) is 17.6 Å². The van der Waals surface area contributed by atoms with E-state index in [0.29, 0.717) is 12.4 Å². The quantitative estimate of drug-likeness (QED) is 0.618. The minimum atomic E-state index is 0.229. The Balaban J connectivity index is 1.86. The molecule has 2 heterocycles. The molecule has 0 bridgehead atoms. The smallest absolute Gasteiger partial charge is 0.226 e. The van der Waals surface area contributed by atoms with Gasteiger partial charge in [0.15, 0.2) is 17.0 Å². The van der Waals surface area contributed by atoms with Crippen LogP contribution in [0.3, 0.4) is 0 Å². The average molecular weight is 395 g/mol. The molecule has 23 heavy (non-hydrogen) atoms. The van der Waals surface area contributed by atoms with E-state index in [0.717, 1.165) is 40.6 Å². The molecule has 1 aromatic carbocycles. The summed E-state index contributed by atoms with van der Waals surface area (Å²) in [5.74, 6) is 0.662. The molecule has 2 aromatic heterocycles. The number of rotatable bonds is 6. The maximum absolute atomic E-state index is 6.08. The Labute approximate surface area is 148 Å². The van der Waals surface area contributed by atoms with Gasteiger partial charge in [-0.3, -0.25) is 0 Å². The molecule has 120 valence electrons. The Morgan fingerprint density at radius 1 is 1.30 bits per heavy atom. The van der Waals surface area contributed by atoms with Crippen LogP contribution in [0.15, 0.2) is 35.1 Å². The van der Waals surface area contributed by atoms with Crippen molar-refractivity contribution in [2.45, 2.75) is 32.9 Å². The molecule has 0 saturated carbocycles. The summed E-state index contributed by atoms with van der Waals surface area (Å²) < 4.78 is 3.07. The first-order valence-corrected chi connectivity index (χ1v) is 8.71. The van der Waals surface area contributed by atoms with Gasteiger partial charge in [-0.05, 0) is 35.7 Å². The van der Waals surface area contributed by atoms with Crippen molar-refractivity contribution in [3.8, 4) is 0 Å². The zero-order valence-corrected chi connectivity index (χ0v) is 15.1. The number of benzene rings is 1. The van der Waals surface area contributed by atoms with E-state index in [9.17, 15) is 0 Å². The molecule has 0 amide bonds. The van der Waals surface area contributed by atoms with Crippen LogP contribution >= 0.6 is 27.5 Å². The summed E-state index contributed by atoms with van der Waals surface area (Å²) >= 11 is 9.56. The van der Waals surface area contributed by atoms with Gasteiger partial charge in [-0.2, -0.15) is 9.97 Å². The van der Waals surface area contributed by atoms with E-state index >= 15 is 0 Å². The van der Waals surface area contributed by atoms with Gasteiger partial charge in [0.25, 0.3) is 0 Å². The van der Waals surface area contributed by atoms with E-state index in [2.05, 4.69) is 55.3 Å². The number of nitrogens with one attached hydrogen (secondary N) is 1. The lowest BCUT2D eigenvalue weighted by atomic mass is 10.2. The average Bonchev–Trinajstić information content (AvgIpc) is 2.93. The van der Waals surface area contributed by atoms with Crippen molar-refractivity contribution in [1.29, 1.82) is 0 Å². The van der Waals surface area contributed by atoms with Crippen molar-refractivity contribution in [1.82, 2.24) is 19.5 Å². The molecular weight excluding hydrogens is 378 g/mol. The van der Waals surface area contributed by atoms with Gasteiger partial charge in [-0.1, -0.05) is 41.4 Å². The molecule has 5 nitrogen and oxygen atoms in total. The van der Waals surface area contributed by atoms with Crippen LogP contribution in [-0.2, 0) is 13.1 Å². The lowest BCUT2D eigenvalue weighted by Gasteiger charge is -2.08. The third-order valence-electron chi connectivity index (χ3n) is 3.54. The largest absolute Gasteiger partial charge is 0.364 e. The Morgan fingerprint density at radius 3 is 2.96 bits per heavy atom. The van der Waals surface area contributed by atoms with Crippen LogP contribution in [0.4, 0.5) is 5.82 Å². The molecule has 0 radical (unpaired) electrons. The number of fused-ring (bicyclic) bond motifs is 1. The molecule has 0 unspecified atom stereocenters. The second kappa shape index (κ2) is 7.27. The summed E-state index contributed by atoms with van der Waals surface area (Å²) in [5, 5.41) is 3.54. The van der Waals surface area contributed by atoms with Gasteiger partial charge in [0.2, 0.25) is 5.28 Å². The number of aromatic nitrogens is 4. The Morgan fingerprint density at radius 2 is 2.17 bits per heavy atom. The van der Waals surface area contributed by atoms with E-state index in [1.165, 1.54) is 0 Å². The highest BCUT2D eigenvalue weighted by Gasteiger charge is 2.12. The van der Waals surface area contributed by atoms with E-state index in [4.69, 9.17) is 11.6 Å². The Bertz CT molecular complexity index is 817. The van der Waals surface area contributed by atoms with Crippen molar-refractivity contribution >= 4 is 44.5 Å². The van der Waals surface area contributed by atoms with Gasteiger partial charge in [0.1, 0.15) is 0 Å². The van der Waals surface area contributed by atoms with Crippen molar-refractivity contribution in [3.05, 3.63) is 45.9 Å². The lowest BCUT2D eigenvalue weighted by Crippen LogP contribution is -2.04. The van der Waals surface area contributed by atoms with E-state index < -0.39 is 0 Å². The van der Waals surface area contributed by atoms with Gasteiger partial charge < -0.3 is 9.88 Å². The summed E-state index contributed by atoms with van der Waals surface area (Å²) in [5.41, 5.74) is 2.67. The lowest BCUT2D eigenvalue weighted by molar-refractivity contribution is 0.641. The summed E-state index contributed by atoms with van der Waals surface area (Å²) in [6, 6.07) is 8.12. The fourth-order valence-electron chi connectivity index (χ4n) is 2.37. The molecular formula is C16H17BrClN5. The Hall–Kier alpha value is -1.66. The summed E-state index contributed by atoms with van der Waals surface area (Å²) in [7, 11) is 0. The molecule has 3 aromatic rings. The van der Waals surface area contributed by atoms with E-state index in [1.54, 1.807) is 6.33 Å². The molecule has 7 heteroatoms. The van der Waals surface area contributed by atoms with Crippen molar-refractivity contribution in [3.63, 3.8) is 0 Å². The van der Waals surface area contributed by atoms with Gasteiger partial charge in [-0.15, -0.1) is 0 Å². The molecule has 0 fully saturated rings. The van der Waals surface area contributed by atoms with E-state index in [1.807, 2.05) is 16.7 Å². The number of nitrogens with zero attached hydrogens (tertiary/aromatic N) is 4. The number of unbranched alkanes of at least 4 members (excludes halogenated alkanes) is 1. The molecule has 1 N–H and O–H groups in total. The van der Waals surface area contributed by atoms with Crippen LogP contribution in [-0.4, -0.2) is 19.5 Å². The number of imidazole rings is 1. The maximum atomic E-state index is 6.08. The molecule has 0 aliphatic heterocycles. The van der Waals surface area contributed by atoms with Crippen molar-refractivity contribution in [2.24, 2.45) is 0 Å². The van der Waals surface area contributed by atoms with Gasteiger partial charge in [-0.25, -0.2) is 4.98 Å². The summed E-state index contributed by atoms with van der Waals surface area (Å²) in [6.45, 7) is 3.68. The second-order valence-electron chi connectivity index (χ2n) is 5.29. The third-order valence-corrected chi connectivity index (χ3v) is 4.20. The fourth-order valence-corrected chi connectivity index (χ4v) is 2.98. The normalized spacial score (nSPS) is 11.1. The first-order chi connectivity index (χ1) is 11.2. The number of hydrogen-bond acceptors (Lipinski definition) is 4. The predicted molar refractivity (Wildman–Crippen MR) is 96.7 cm³/mol. The van der Waals surface area contributed by atoms with Crippen LogP contribution in [0.2, 0.25) is 5.28 Å². The molecule has 3 rings (SSSR count). The maximum Gasteiger partial charge on any atom is 0.226 e. The minimum Gasteiger partial charge on any atom is -0.364 e. The van der Waals surface area contributed by atoms with Crippen LogP contribution in [0, 0.1) is 0 Å². The summed E-state index contributed by atoms with van der Waals surface area (Å²) in [6.07, 6.45) is 4.00. The fraction of sp³-hybridized carbons (Fsp3) is 0.312. The van der Waals surface area contributed by atoms with Gasteiger partial charge in [0.05, 0.1) is 6.33 Å². The molecule has 0 spiro atoms. The number of anilines is 1. The van der Waals surface area contributed by atoms with Crippen LogP contribution in [0.1, 0.15) is 25.3 Å². The third kappa shape index (κ3) is 3.82. The highest BCUT2D eigenvalue weighted by molar-refractivity contribution is 9.10. The van der Waals surface area contributed by atoms with Crippen molar-refractivity contribution < 1.29 is 0 Å². The molecule has 0 atom stereocenters. The number of halogens is 2. The number of aryl methyl sites for hydroxylation is 1.